The van der Waals surface area contributed by atoms with Crippen molar-refractivity contribution in [1.29, 1.82) is 0 Å². The summed E-state index contributed by atoms with van der Waals surface area (Å²) < 4.78 is 0. The van der Waals surface area contributed by atoms with Crippen LogP contribution in [0.2, 0.25) is 0 Å². The van der Waals surface area contributed by atoms with Crippen LogP contribution in [0.5, 0.6) is 11.5 Å². The topological polar surface area (TPSA) is 88.3 Å². The minimum Gasteiger partial charge on any atom is -0.508 e. The van der Waals surface area contributed by atoms with Crippen LogP contribution in [0.15, 0.2) is 65.5 Å². The minimum absolute atomic E-state index is 0.0655. The average Bonchev–Trinajstić information content (AvgIpc) is 2.94. The van der Waals surface area contributed by atoms with E-state index in [1.54, 1.807) is 35.5 Å². The van der Waals surface area contributed by atoms with E-state index in [1.807, 2.05) is 24.3 Å². The summed E-state index contributed by atoms with van der Waals surface area (Å²) in [5.74, 6) is 0.450. The van der Waals surface area contributed by atoms with Gasteiger partial charge in [-0.05, 0) is 42.0 Å². The molecule has 0 saturated carbocycles. The van der Waals surface area contributed by atoms with Crippen LogP contribution >= 0.6 is 0 Å². The highest BCUT2D eigenvalue weighted by Crippen LogP contribution is 2.37. The molecule has 0 bridgehead atoms. The number of hydrogen-bond acceptors (Lipinski definition) is 6. The molecule has 0 aromatic heterocycles. The summed E-state index contributed by atoms with van der Waals surface area (Å²) in [6.07, 6.45) is 2.67. The van der Waals surface area contributed by atoms with Crippen LogP contribution in [0, 0.1) is 0 Å². The van der Waals surface area contributed by atoms with E-state index in [0.717, 1.165) is 22.4 Å². The van der Waals surface area contributed by atoms with E-state index in [9.17, 15) is 15.3 Å². The van der Waals surface area contributed by atoms with Gasteiger partial charge in [-0.1, -0.05) is 12.1 Å². The first-order valence-corrected chi connectivity index (χ1v) is 7.44. The maximum Gasteiger partial charge on any atom is 0.167 e. The van der Waals surface area contributed by atoms with Gasteiger partial charge in [-0.2, -0.15) is 0 Å². The molecule has 0 radical (unpaired) electrons. The Kier molecular flexibility index (Phi) is 3.16. The zero-order valence-electron chi connectivity index (χ0n) is 12.6. The standard InChI is InChI=1S/C18H15N3O3/c22-13-5-1-11(2-6-13)16-17(12-3-7-14(23)8-4-12)20-21-10-15(24)9-19-18(16)21/h1-10,18,20,22-24H. The number of aliphatic imine (C=N–C) groups is 1. The fraction of sp³-hybridized carbons (Fsp3) is 0.0556. The number of fused-ring (bicyclic) bond motifs is 1. The molecule has 2 aliphatic rings. The summed E-state index contributed by atoms with van der Waals surface area (Å²) in [6.45, 7) is 0. The first-order valence-electron chi connectivity index (χ1n) is 7.44. The highest BCUT2D eigenvalue weighted by Gasteiger charge is 2.34. The van der Waals surface area contributed by atoms with Crippen LogP contribution in [-0.2, 0) is 0 Å². The quantitative estimate of drug-likeness (QED) is 0.683. The zero-order chi connectivity index (χ0) is 16.7. The molecule has 24 heavy (non-hydrogen) atoms. The number of phenolic OH excluding ortho intramolecular Hbond substituents is 2. The van der Waals surface area contributed by atoms with Crippen molar-refractivity contribution in [3.05, 3.63) is 71.6 Å². The van der Waals surface area contributed by atoms with Gasteiger partial charge in [0.05, 0.1) is 18.1 Å². The number of hydrazine groups is 1. The number of aliphatic hydroxyl groups is 1. The molecule has 4 rings (SSSR count). The summed E-state index contributed by atoms with van der Waals surface area (Å²) in [4.78, 5) is 4.40. The Morgan fingerprint density at radius 3 is 2.04 bits per heavy atom. The molecule has 1 atom stereocenters. The van der Waals surface area contributed by atoms with Gasteiger partial charge in [0, 0.05) is 11.1 Å². The molecule has 4 N–H and O–H groups in total. The van der Waals surface area contributed by atoms with Crippen molar-refractivity contribution in [2.75, 3.05) is 0 Å². The van der Waals surface area contributed by atoms with E-state index in [-0.39, 0.29) is 23.4 Å². The van der Waals surface area contributed by atoms with Crippen LogP contribution < -0.4 is 5.43 Å². The van der Waals surface area contributed by atoms with Crippen LogP contribution in [0.25, 0.3) is 11.3 Å². The monoisotopic (exact) mass is 321 g/mol. The third-order valence-electron chi connectivity index (χ3n) is 3.99. The lowest BCUT2D eigenvalue weighted by molar-refractivity contribution is 0.283. The number of aliphatic hydroxyl groups excluding tert-OH is 1. The minimum atomic E-state index is -0.325. The Labute approximate surface area is 138 Å². The fourth-order valence-electron chi connectivity index (χ4n) is 2.87. The smallest absolute Gasteiger partial charge is 0.167 e. The Morgan fingerprint density at radius 2 is 1.42 bits per heavy atom. The van der Waals surface area contributed by atoms with Gasteiger partial charge in [0.25, 0.3) is 0 Å². The van der Waals surface area contributed by atoms with Crippen LogP contribution in [0.3, 0.4) is 0 Å². The number of nitrogens with one attached hydrogen (secondary N) is 1. The van der Waals surface area contributed by atoms with Crippen LogP contribution in [0.4, 0.5) is 0 Å². The lowest BCUT2D eigenvalue weighted by Gasteiger charge is -2.24. The van der Waals surface area contributed by atoms with E-state index in [0.29, 0.717) is 0 Å². The normalized spacial score (nSPS) is 19.1. The van der Waals surface area contributed by atoms with E-state index < -0.39 is 0 Å². The number of rotatable bonds is 2. The lowest BCUT2D eigenvalue weighted by atomic mass is 9.98. The van der Waals surface area contributed by atoms with Crippen molar-refractivity contribution in [2.45, 2.75) is 6.17 Å². The maximum absolute atomic E-state index is 9.69. The van der Waals surface area contributed by atoms with Crippen LogP contribution in [-0.4, -0.2) is 32.7 Å². The molecular formula is C18H15N3O3. The van der Waals surface area contributed by atoms with Gasteiger partial charge in [-0.15, -0.1) is 0 Å². The molecule has 0 spiro atoms. The van der Waals surface area contributed by atoms with Crippen molar-refractivity contribution in [1.82, 2.24) is 10.4 Å². The summed E-state index contributed by atoms with van der Waals surface area (Å²) in [5.41, 5.74) is 6.77. The molecule has 2 aromatic rings. The second-order valence-electron chi connectivity index (χ2n) is 5.61. The van der Waals surface area contributed by atoms with Gasteiger partial charge in [0.15, 0.2) is 11.9 Å². The van der Waals surface area contributed by atoms with Gasteiger partial charge in [-0.25, -0.2) is 0 Å². The Balaban J connectivity index is 1.86. The summed E-state index contributed by atoms with van der Waals surface area (Å²) >= 11 is 0. The van der Waals surface area contributed by atoms with Gasteiger partial charge in [0.2, 0.25) is 0 Å². The second-order valence-corrected chi connectivity index (χ2v) is 5.61. The summed E-state index contributed by atoms with van der Waals surface area (Å²) in [7, 11) is 0. The Hall–Kier alpha value is -3.41. The molecule has 0 fully saturated rings. The average molecular weight is 321 g/mol. The highest BCUT2D eigenvalue weighted by atomic mass is 16.3. The van der Waals surface area contributed by atoms with Crippen LogP contribution in [0.1, 0.15) is 11.1 Å². The molecule has 0 amide bonds. The summed E-state index contributed by atoms with van der Waals surface area (Å²) in [6, 6.07) is 13.7. The predicted molar refractivity (Wildman–Crippen MR) is 91.0 cm³/mol. The van der Waals surface area contributed by atoms with Gasteiger partial charge in [-0.3, -0.25) is 15.4 Å². The first kappa shape index (κ1) is 14.2. The SMILES string of the molecule is OC1=CN2NC(c3ccc(O)cc3)=C(c3ccc(O)cc3)C2N=C1. The molecule has 120 valence electrons. The molecule has 0 saturated heterocycles. The van der Waals surface area contributed by atoms with Gasteiger partial charge >= 0.3 is 0 Å². The van der Waals surface area contributed by atoms with E-state index in [4.69, 9.17) is 0 Å². The number of aromatic hydroxyl groups is 2. The fourth-order valence-corrected chi connectivity index (χ4v) is 2.87. The molecule has 6 heteroatoms. The van der Waals surface area contributed by atoms with Crippen molar-refractivity contribution in [3.63, 3.8) is 0 Å². The molecule has 0 aliphatic carbocycles. The third-order valence-corrected chi connectivity index (χ3v) is 3.99. The lowest BCUT2D eigenvalue weighted by Crippen LogP contribution is -2.35. The maximum atomic E-state index is 9.69. The molecule has 2 aliphatic heterocycles. The Morgan fingerprint density at radius 1 is 0.833 bits per heavy atom. The number of hydrogen-bond donors (Lipinski definition) is 4. The highest BCUT2D eigenvalue weighted by molar-refractivity contribution is 5.95. The van der Waals surface area contributed by atoms with Gasteiger partial charge < -0.3 is 15.3 Å². The molecular weight excluding hydrogens is 306 g/mol. The van der Waals surface area contributed by atoms with E-state index in [2.05, 4.69) is 10.4 Å². The molecule has 6 nitrogen and oxygen atoms in total. The third kappa shape index (κ3) is 2.34. The number of nitrogens with zero attached hydrogens (tertiary/aromatic N) is 2. The molecule has 1 unspecified atom stereocenters. The van der Waals surface area contributed by atoms with Crippen molar-refractivity contribution in [3.8, 4) is 11.5 Å². The van der Waals surface area contributed by atoms with E-state index in [1.165, 1.54) is 6.21 Å². The predicted octanol–water partition coefficient (Wildman–Crippen LogP) is 2.60. The number of phenols is 2. The van der Waals surface area contributed by atoms with Crippen molar-refractivity contribution in [2.24, 2.45) is 4.99 Å². The largest absolute Gasteiger partial charge is 0.508 e. The zero-order valence-corrected chi connectivity index (χ0v) is 12.6. The van der Waals surface area contributed by atoms with Gasteiger partial charge in [0.1, 0.15) is 11.5 Å². The number of allylic oxidation sites excluding steroid dienone is 1. The number of benzene rings is 2. The Bertz CT molecular complexity index is 867. The second kappa shape index (κ2) is 5.34. The summed E-state index contributed by atoms with van der Waals surface area (Å²) in [5, 5.41) is 30.5. The van der Waals surface area contributed by atoms with Crippen molar-refractivity contribution >= 4 is 17.5 Å². The molecule has 2 heterocycles. The van der Waals surface area contributed by atoms with Crippen molar-refractivity contribution < 1.29 is 15.3 Å². The first-order chi connectivity index (χ1) is 11.6. The molecule has 2 aromatic carbocycles. The van der Waals surface area contributed by atoms with E-state index >= 15 is 0 Å².